The molecular formula is C23H33N3O3S. The number of rotatable bonds is 5. The molecule has 6 unspecified atom stereocenters. The third kappa shape index (κ3) is 3.58. The molecule has 2 amide bonds. The Bertz CT molecular complexity index is 862. The van der Waals surface area contributed by atoms with Crippen LogP contribution >= 0.6 is 11.3 Å². The lowest BCUT2D eigenvalue weighted by Crippen LogP contribution is -2.53. The zero-order chi connectivity index (χ0) is 21.2. The second-order valence-electron chi connectivity index (χ2n) is 10.5. The van der Waals surface area contributed by atoms with Crippen molar-refractivity contribution in [2.45, 2.75) is 83.8 Å². The minimum atomic E-state index is -0.516. The van der Waals surface area contributed by atoms with Crippen molar-refractivity contribution in [1.29, 1.82) is 0 Å². The molecule has 0 bridgehead atoms. The molecule has 7 heteroatoms. The van der Waals surface area contributed by atoms with E-state index in [0.717, 1.165) is 50.6 Å². The minimum absolute atomic E-state index is 0.000668. The molecule has 1 aromatic rings. The quantitative estimate of drug-likeness (QED) is 0.666. The van der Waals surface area contributed by atoms with Crippen LogP contribution in [-0.2, 0) is 16.0 Å². The molecule has 1 heterocycles. The van der Waals surface area contributed by atoms with Gasteiger partial charge in [0.25, 0.3) is 0 Å². The maximum absolute atomic E-state index is 12.7. The number of thiazole rings is 1. The van der Waals surface area contributed by atoms with Crippen LogP contribution in [0.4, 0.5) is 5.13 Å². The number of nitrogens with zero attached hydrogens (tertiary/aromatic N) is 1. The lowest BCUT2D eigenvalue weighted by molar-refractivity contribution is -0.134. The number of hydrogen-bond acceptors (Lipinski definition) is 5. The SMILES string of the molecule is CC(C(=O)NC1CC1)C1CCC2(C)Cc3sc(NC(=O)C4CC4)nc3C(C)C2C1O. The monoisotopic (exact) mass is 431 g/mol. The van der Waals surface area contributed by atoms with Crippen LogP contribution in [0.5, 0.6) is 0 Å². The molecular weight excluding hydrogens is 398 g/mol. The van der Waals surface area contributed by atoms with Crippen LogP contribution in [0.3, 0.4) is 0 Å². The number of carbonyl (C=O) groups excluding carboxylic acids is 2. The number of aliphatic hydroxyl groups is 1. The zero-order valence-electron chi connectivity index (χ0n) is 18.1. The molecule has 4 aliphatic rings. The van der Waals surface area contributed by atoms with E-state index in [9.17, 15) is 14.7 Å². The molecule has 1 aromatic heterocycles. The Balaban J connectivity index is 1.35. The standard InChI is InChI=1S/C23H33N3O3S/c1-11(20(28)24-14-6-7-14)15-8-9-23(3)10-16-18(12(2)17(23)19(15)27)25-22(30-16)26-21(29)13-4-5-13/h11-15,17,19,27H,4-10H2,1-3H3,(H,24,28)(H,25,26,29). The molecule has 3 saturated carbocycles. The average molecular weight is 432 g/mol. The first-order chi connectivity index (χ1) is 14.3. The highest BCUT2D eigenvalue weighted by Crippen LogP contribution is 2.57. The summed E-state index contributed by atoms with van der Waals surface area (Å²) < 4.78 is 0. The molecule has 3 fully saturated rings. The summed E-state index contributed by atoms with van der Waals surface area (Å²) in [5, 5.41) is 18.3. The fraction of sp³-hybridized carbons (Fsp3) is 0.783. The minimum Gasteiger partial charge on any atom is -0.392 e. The first-order valence-electron chi connectivity index (χ1n) is 11.6. The average Bonchev–Trinajstić information content (AvgIpc) is 3.60. The summed E-state index contributed by atoms with van der Waals surface area (Å²) in [6.07, 6.45) is 6.37. The lowest BCUT2D eigenvalue weighted by atomic mass is 9.53. The van der Waals surface area contributed by atoms with Gasteiger partial charge >= 0.3 is 0 Å². The van der Waals surface area contributed by atoms with Crippen molar-refractivity contribution in [3.05, 3.63) is 10.6 Å². The van der Waals surface area contributed by atoms with Crippen molar-refractivity contribution < 1.29 is 14.7 Å². The van der Waals surface area contributed by atoms with E-state index in [1.807, 2.05) is 6.92 Å². The summed E-state index contributed by atoms with van der Waals surface area (Å²) in [5.74, 6) is 0.337. The predicted octanol–water partition coefficient (Wildman–Crippen LogP) is 3.46. The molecule has 0 saturated heterocycles. The van der Waals surface area contributed by atoms with Crippen LogP contribution in [0.1, 0.15) is 75.8 Å². The molecule has 0 spiro atoms. The van der Waals surface area contributed by atoms with Crippen molar-refractivity contribution in [3.63, 3.8) is 0 Å². The molecule has 5 rings (SSSR count). The molecule has 0 aliphatic heterocycles. The Morgan fingerprint density at radius 3 is 2.63 bits per heavy atom. The topological polar surface area (TPSA) is 91.3 Å². The zero-order valence-corrected chi connectivity index (χ0v) is 18.9. The molecule has 3 N–H and O–H groups in total. The van der Waals surface area contributed by atoms with Gasteiger partial charge in [0.1, 0.15) is 0 Å². The van der Waals surface area contributed by atoms with Crippen molar-refractivity contribution in [2.75, 3.05) is 5.32 Å². The van der Waals surface area contributed by atoms with Gasteiger partial charge < -0.3 is 15.7 Å². The Kier molecular flexibility index (Phi) is 4.97. The van der Waals surface area contributed by atoms with E-state index in [2.05, 4.69) is 24.5 Å². The van der Waals surface area contributed by atoms with E-state index in [1.165, 1.54) is 4.88 Å². The van der Waals surface area contributed by atoms with Crippen LogP contribution < -0.4 is 10.6 Å². The number of anilines is 1. The molecule has 0 aromatic carbocycles. The summed E-state index contributed by atoms with van der Waals surface area (Å²) in [6.45, 7) is 6.42. The van der Waals surface area contributed by atoms with E-state index in [-0.39, 0.29) is 46.8 Å². The van der Waals surface area contributed by atoms with Crippen molar-refractivity contribution in [3.8, 4) is 0 Å². The van der Waals surface area contributed by atoms with Crippen molar-refractivity contribution >= 4 is 28.3 Å². The number of amides is 2. The summed E-state index contributed by atoms with van der Waals surface area (Å²) >= 11 is 1.61. The van der Waals surface area contributed by atoms with Crippen LogP contribution in [0.2, 0.25) is 0 Å². The highest BCUT2D eigenvalue weighted by atomic mass is 32.1. The number of hydrogen-bond donors (Lipinski definition) is 3. The van der Waals surface area contributed by atoms with E-state index in [0.29, 0.717) is 11.2 Å². The van der Waals surface area contributed by atoms with Gasteiger partial charge in [0, 0.05) is 28.7 Å². The van der Waals surface area contributed by atoms with Crippen LogP contribution in [0.25, 0.3) is 0 Å². The second-order valence-corrected chi connectivity index (χ2v) is 11.6. The van der Waals surface area contributed by atoms with Gasteiger partial charge in [-0.1, -0.05) is 20.8 Å². The maximum Gasteiger partial charge on any atom is 0.229 e. The van der Waals surface area contributed by atoms with Gasteiger partial charge in [-0.25, -0.2) is 4.98 Å². The molecule has 0 radical (unpaired) electrons. The number of nitrogens with one attached hydrogen (secondary N) is 2. The summed E-state index contributed by atoms with van der Waals surface area (Å²) in [7, 11) is 0. The smallest absolute Gasteiger partial charge is 0.229 e. The number of aliphatic hydroxyl groups excluding tert-OH is 1. The fourth-order valence-electron chi connectivity index (χ4n) is 5.91. The summed E-state index contributed by atoms with van der Waals surface area (Å²) in [5.41, 5.74) is 1.03. The normalized spacial score (nSPS) is 36.4. The maximum atomic E-state index is 12.7. The highest BCUT2D eigenvalue weighted by molar-refractivity contribution is 7.15. The summed E-state index contributed by atoms with van der Waals surface area (Å²) in [6, 6.07) is 0.349. The van der Waals surface area contributed by atoms with E-state index < -0.39 is 6.10 Å². The van der Waals surface area contributed by atoms with Gasteiger partial charge in [-0.2, -0.15) is 0 Å². The van der Waals surface area contributed by atoms with Gasteiger partial charge in [-0.05, 0) is 62.2 Å². The second kappa shape index (κ2) is 7.30. The molecule has 164 valence electrons. The largest absolute Gasteiger partial charge is 0.392 e. The van der Waals surface area contributed by atoms with Crippen LogP contribution in [0.15, 0.2) is 0 Å². The predicted molar refractivity (Wildman–Crippen MR) is 116 cm³/mol. The van der Waals surface area contributed by atoms with E-state index >= 15 is 0 Å². The summed E-state index contributed by atoms with van der Waals surface area (Å²) in [4.78, 5) is 30.9. The van der Waals surface area contributed by atoms with Crippen molar-refractivity contribution in [2.24, 2.45) is 29.1 Å². The molecule has 6 atom stereocenters. The van der Waals surface area contributed by atoms with Gasteiger partial charge in [0.05, 0.1) is 11.8 Å². The molecule has 4 aliphatic carbocycles. The Morgan fingerprint density at radius 1 is 1.23 bits per heavy atom. The van der Waals surface area contributed by atoms with Crippen LogP contribution in [-0.4, -0.2) is 34.1 Å². The highest BCUT2D eigenvalue weighted by Gasteiger charge is 2.54. The first-order valence-corrected chi connectivity index (χ1v) is 12.4. The first kappa shape index (κ1) is 20.4. The molecule has 30 heavy (non-hydrogen) atoms. The molecule has 6 nitrogen and oxygen atoms in total. The third-order valence-electron chi connectivity index (χ3n) is 8.08. The van der Waals surface area contributed by atoms with E-state index in [4.69, 9.17) is 4.98 Å². The number of carbonyl (C=O) groups is 2. The third-order valence-corrected chi connectivity index (χ3v) is 9.07. The van der Waals surface area contributed by atoms with Crippen LogP contribution in [0, 0.1) is 29.1 Å². The van der Waals surface area contributed by atoms with Crippen molar-refractivity contribution in [1.82, 2.24) is 10.3 Å². The van der Waals surface area contributed by atoms with Gasteiger partial charge in [-0.3, -0.25) is 9.59 Å². The van der Waals surface area contributed by atoms with Gasteiger partial charge in [-0.15, -0.1) is 11.3 Å². The Hall–Kier alpha value is -1.47. The van der Waals surface area contributed by atoms with E-state index in [1.54, 1.807) is 11.3 Å². The number of fused-ring (bicyclic) bond motifs is 2. The lowest BCUT2D eigenvalue weighted by Gasteiger charge is -2.53. The van der Waals surface area contributed by atoms with Gasteiger partial charge in [0.15, 0.2) is 5.13 Å². The Morgan fingerprint density at radius 2 is 1.97 bits per heavy atom. The number of aromatic nitrogens is 1. The van der Waals surface area contributed by atoms with Gasteiger partial charge in [0.2, 0.25) is 11.8 Å². The fourth-order valence-corrected chi connectivity index (χ4v) is 7.17. The Labute approximate surface area is 182 Å².